The van der Waals surface area contributed by atoms with Gasteiger partial charge in [0.25, 0.3) is 0 Å². The van der Waals surface area contributed by atoms with E-state index in [1.165, 1.54) is 0 Å². The van der Waals surface area contributed by atoms with Gasteiger partial charge in [0.05, 0.1) is 5.92 Å². The fourth-order valence-corrected chi connectivity index (χ4v) is 1.50. The molecule has 80 valence electrons. The molecule has 3 nitrogen and oxygen atoms in total. The fraction of sp³-hybridized carbons (Fsp3) is 0.154. The minimum absolute atomic E-state index is 0.0480. The van der Waals surface area contributed by atoms with Crippen LogP contribution in [0.25, 0.3) is 0 Å². The number of hydrogen-bond donors (Lipinski definition) is 0. The molecule has 0 saturated heterocycles. The molecule has 0 aliphatic heterocycles. The lowest BCUT2D eigenvalue weighted by Crippen LogP contribution is -2.12. The SMILES string of the molecule is CC(C(=O)c1ccccc1)c1ncccn1. The van der Waals surface area contributed by atoms with E-state index < -0.39 is 0 Å². The molecule has 2 aromatic rings. The van der Waals surface area contributed by atoms with Crippen molar-refractivity contribution in [3.05, 3.63) is 60.2 Å². The number of ketones is 1. The third-order valence-corrected chi connectivity index (χ3v) is 2.42. The van der Waals surface area contributed by atoms with E-state index >= 15 is 0 Å². The highest BCUT2D eigenvalue weighted by Crippen LogP contribution is 2.16. The van der Waals surface area contributed by atoms with Gasteiger partial charge in [0, 0.05) is 18.0 Å². The van der Waals surface area contributed by atoms with Crippen molar-refractivity contribution < 1.29 is 4.79 Å². The monoisotopic (exact) mass is 212 g/mol. The predicted octanol–water partition coefficient (Wildman–Crippen LogP) is 2.46. The van der Waals surface area contributed by atoms with Crippen LogP contribution in [0.5, 0.6) is 0 Å². The van der Waals surface area contributed by atoms with Gasteiger partial charge in [0.15, 0.2) is 5.78 Å². The summed E-state index contributed by atoms with van der Waals surface area (Å²) in [6.45, 7) is 1.82. The van der Waals surface area contributed by atoms with E-state index in [1.807, 2.05) is 37.3 Å². The maximum Gasteiger partial charge on any atom is 0.173 e. The van der Waals surface area contributed by atoms with Gasteiger partial charge in [0.2, 0.25) is 0 Å². The van der Waals surface area contributed by atoms with Crippen LogP contribution in [0.15, 0.2) is 48.8 Å². The molecule has 0 aliphatic rings. The van der Waals surface area contributed by atoms with Crippen molar-refractivity contribution >= 4 is 5.78 Å². The van der Waals surface area contributed by atoms with Crippen molar-refractivity contribution in [3.63, 3.8) is 0 Å². The van der Waals surface area contributed by atoms with Gasteiger partial charge in [-0.3, -0.25) is 4.79 Å². The van der Waals surface area contributed by atoms with Crippen molar-refractivity contribution in [1.29, 1.82) is 0 Å². The zero-order chi connectivity index (χ0) is 11.4. The first-order chi connectivity index (χ1) is 7.79. The van der Waals surface area contributed by atoms with Crippen LogP contribution in [-0.2, 0) is 0 Å². The Kier molecular flexibility index (Phi) is 3.05. The Morgan fingerprint density at radius 1 is 1.06 bits per heavy atom. The van der Waals surface area contributed by atoms with E-state index in [2.05, 4.69) is 9.97 Å². The van der Waals surface area contributed by atoms with Gasteiger partial charge < -0.3 is 0 Å². The smallest absolute Gasteiger partial charge is 0.173 e. The molecular formula is C13H12N2O. The molecule has 0 amide bonds. The Balaban J connectivity index is 2.24. The highest BCUT2D eigenvalue weighted by atomic mass is 16.1. The Bertz CT molecular complexity index is 468. The third-order valence-electron chi connectivity index (χ3n) is 2.42. The molecule has 2 rings (SSSR count). The number of rotatable bonds is 3. The van der Waals surface area contributed by atoms with E-state index in [4.69, 9.17) is 0 Å². The van der Waals surface area contributed by atoms with Crippen molar-refractivity contribution in [2.24, 2.45) is 0 Å². The number of nitrogens with zero attached hydrogens (tertiary/aromatic N) is 2. The van der Waals surface area contributed by atoms with Gasteiger partial charge in [-0.1, -0.05) is 30.3 Å². The number of carbonyl (C=O) groups is 1. The number of Topliss-reactive ketones (excluding diaryl/α,β-unsaturated/α-hetero) is 1. The van der Waals surface area contributed by atoms with Crippen molar-refractivity contribution in [1.82, 2.24) is 9.97 Å². The molecule has 16 heavy (non-hydrogen) atoms. The molecule has 0 bridgehead atoms. The average Bonchev–Trinajstić information content (AvgIpc) is 2.39. The normalized spacial score (nSPS) is 12.1. The maximum absolute atomic E-state index is 12.1. The first kappa shape index (κ1) is 10.5. The summed E-state index contributed by atoms with van der Waals surface area (Å²) >= 11 is 0. The van der Waals surface area contributed by atoms with Crippen molar-refractivity contribution in [2.75, 3.05) is 0 Å². The van der Waals surface area contributed by atoms with Crippen molar-refractivity contribution in [2.45, 2.75) is 12.8 Å². The van der Waals surface area contributed by atoms with E-state index in [-0.39, 0.29) is 11.7 Å². The van der Waals surface area contributed by atoms with Crippen LogP contribution in [0.4, 0.5) is 0 Å². The summed E-state index contributed by atoms with van der Waals surface area (Å²) in [6.07, 6.45) is 3.30. The Hall–Kier alpha value is -2.03. The lowest BCUT2D eigenvalue weighted by molar-refractivity contribution is 0.0963. The van der Waals surface area contributed by atoms with Crippen LogP contribution in [0.3, 0.4) is 0 Å². The zero-order valence-electron chi connectivity index (χ0n) is 9.00. The topological polar surface area (TPSA) is 42.9 Å². The molecule has 3 heteroatoms. The first-order valence-corrected chi connectivity index (χ1v) is 5.15. The number of aromatic nitrogens is 2. The largest absolute Gasteiger partial charge is 0.293 e. The van der Waals surface area contributed by atoms with E-state index in [0.29, 0.717) is 11.4 Å². The second-order valence-electron chi connectivity index (χ2n) is 3.56. The quantitative estimate of drug-likeness (QED) is 0.734. The van der Waals surface area contributed by atoms with Crippen LogP contribution in [0, 0.1) is 0 Å². The Morgan fingerprint density at radius 2 is 1.69 bits per heavy atom. The second-order valence-corrected chi connectivity index (χ2v) is 3.56. The summed E-state index contributed by atoms with van der Waals surface area (Å²) in [5, 5.41) is 0. The minimum atomic E-state index is -0.302. The van der Waals surface area contributed by atoms with Gasteiger partial charge in [-0.15, -0.1) is 0 Å². The molecule has 0 fully saturated rings. The van der Waals surface area contributed by atoms with Crippen molar-refractivity contribution in [3.8, 4) is 0 Å². The highest BCUT2D eigenvalue weighted by molar-refractivity contribution is 6.00. The van der Waals surface area contributed by atoms with Gasteiger partial charge in [-0.25, -0.2) is 9.97 Å². The molecule has 1 aromatic heterocycles. The number of carbonyl (C=O) groups excluding carboxylic acids is 1. The fourth-order valence-electron chi connectivity index (χ4n) is 1.50. The lowest BCUT2D eigenvalue weighted by Gasteiger charge is -2.08. The summed E-state index contributed by atoms with van der Waals surface area (Å²) < 4.78 is 0. The van der Waals surface area contributed by atoms with E-state index in [1.54, 1.807) is 18.5 Å². The summed E-state index contributed by atoms with van der Waals surface area (Å²) in [5.74, 6) is 0.312. The highest BCUT2D eigenvalue weighted by Gasteiger charge is 2.18. The molecule has 0 saturated carbocycles. The predicted molar refractivity (Wildman–Crippen MR) is 61.2 cm³/mol. The van der Waals surface area contributed by atoms with Gasteiger partial charge >= 0.3 is 0 Å². The van der Waals surface area contributed by atoms with Crippen LogP contribution >= 0.6 is 0 Å². The Labute approximate surface area is 94.2 Å². The van der Waals surface area contributed by atoms with E-state index in [9.17, 15) is 4.79 Å². The summed E-state index contributed by atoms with van der Waals surface area (Å²) in [6, 6.07) is 10.9. The molecule has 1 aromatic carbocycles. The zero-order valence-corrected chi connectivity index (χ0v) is 9.00. The molecule has 1 heterocycles. The molecular weight excluding hydrogens is 200 g/mol. The molecule has 0 N–H and O–H groups in total. The average molecular weight is 212 g/mol. The van der Waals surface area contributed by atoms with Crippen LogP contribution < -0.4 is 0 Å². The minimum Gasteiger partial charge on any atom is -0.293 e. The summed E-state index contributed by atoms with van der Waals surface area (Å²) in [4.78, 5) is 20.3. The van der Waals surface area contributed by atoms with Gasteiger partial charge in [-0.2, -0.15) is 0 Å². The molecule has 1 atom stereocenters. The molecule has 1 unspecified atom stereocenters. The third kappa shape index (κ3) is 2.14. The van der Waals surface area contributed by atoms with E-state index in [0.717, 1.165) is 0 Å². The van der Waals surface area contributed by atoms with Gasteiger partial charge in [-0.05, 0) is 13.0 Å². The molecule has 0 aliphatic carbocycles. The summed E-state index contributed by atoms with van der Waals surface area (Å²) in [5.41, 5.74) is 0.697. The Morgan fingerprint density at radius 3 is 2.31 bits per heavy atom. The summed E-state index contributed by atoms with van der Waals surface area (Å²) in [7, 11) is 0. The standard InChI is InChI=1S/C13H12N2O/c1-10(13-14-8-5-9-15-13)12(16)11-6-3-2-4-7-11/h2-10H,1H3. The van der Waals surface area contributed by atoms with Gasteiger partial charge in [0.1, 0.15) is 5.82 Å². The second kappa shape index (κ2) is 4.66. The molecule has 0 spiro atoms. The number of hydrogen-bond acceptors (Lipinski definition) is 3. The first-order valence-electron chi connectivity index (χ1n) is 5.15. The van der Waals surface area contributed by atoms with Crippen LogP contribution in [0.1, 0.15) is 29.0 Å². The lowest BCUT2D eigenvalue weighted by atomic mass is 9.99. The van der Waals surface area contributed by atoms with Crippen LogP contribution in [0.2, 0.25) is 0 Å². The molecule has 0 radical (unpaired) electrons. The maximum atomic E-state index is 12.1. The number of benzene rings is 1. The van der Waals surface area contributed by atoms with Crippen LogP contribution in [-0.4, -0.2) is 15.8 Å².